The Morgan fingerprint density at radius 1 is 1.35 bits per heavy atom. The molecule has 1 amide bonds. The minimum absolute atomic E-state index is 0. The third kappa shape index (κ3) is 3.46. The average Bonchev–Trinajstić information content (AvgIpc) is 2.31. The van der Waals surface area contributed by atoms with Crippen LogP contribution in [0.2, 0.25) is 0 Å². The molecule has 0 aromatic heterocycles. The Morgan fingerprint density at radius 3 is 2.55 bits per heavy atom. The number of sulfone groups is 1. The highest BCUT2D eigenvalue weighted by Crippen LogP contribution is 2.33. The van der Waals surface area contributed by atoms with Crippen molar-refractivity contribution in [3.63, 3.8) is 0 Å². The van der Waals surface area contributed by atoms with E-state index >= 15 is 0 Å². The Kier molecular flexibility index (Phi) is 5.49. The van der Waals surface area contributed by atoms with Crippen LogP contribution in [0.3, 0.4) is 0 Å². The largest absolute Gasteiger partial charge is 0.340 e. The van der Waals surface area contributed by atoms with E-state index in [1.165, 1.54) is 0 Å². The van der Waals surface area contributed by atoms with E-state index in [1.54, 1.807) is 11.8 Å². The smallest absolute Gasteiger partial charge is 0.227 e. The zero-order valence-electron chi connectivity index (χ0n) is 12.2. The SMILES string of the molecule is CC1CN(C(=O)C2CCCCC2(C)N)CCS1(=O)=O.Cl. The fourth-order valence-corrected chi connectivity index (χ4v) is 4.42. The quantitative estimate of drug-likeness (QED) is 0.779. The second kappa shape index (κ2) is 6.20. The molecule has 2 fully saturated rings. The van der Waals surface area contributed by atoms with Gasteiger partial charge in [0.1, 0.15) is 0 Å². The first-order chi connectivity index (χ1) is 8.74. The highest BCUT2D eigenvalue weighted by molar-refractivity contribution is 7.92. The molecule has 2 rings (SSSR count). The molecule has 1 saturated carbocycles. The van der Waals surface area contributed by atoms with Gasteiger partial charge in [-0.15, -0.1) is 12.4 Å². The van der Waals surface area contributed by atoms with E-state index in [9.17, 15) is 13.2 Å². The van der Waals surface area contributed by atoms with Crippen LogP contribution < -0.4 is 5.73 Å². The lowest BCUT2D eigenvalue weighted by Crippen LogP contribution is -2.57. The van der Waals surface area contributed by atoms with Gasteiger partial charge >= 0.3 is 0 Å². The summed E-state index contributed by atoms with van der Waals surface area (Å²) in [5.74, 6) is -0.0332. The van der Waals surface area contributed by atoms with E-state index in [2.05, 4.69) is 0 Å². The maximum atomic E-state index is 12.6. The number of rotatable bonds is 1. The molecule has 1 aliphatic carbocycles. The van der Waals surface area contributed by atoms with E-state index in [-0.39, 0.29) is 30.0 Å². The average molecular weight is 325 g/mol. The molecule has 7 heteroatoms. The summed E-state index contributed by atoms with van der Waals surface area (Å²) in [6, 6.07) is 0. The molecular formula is C13H25ClN2O3S. The maximum absolute atomic E-state index is 12.6. The fraction of sp³-hybridized carbons (Fsp3) is 0.923. The van der Waals surface area contributed by atoms with Crippen LogP contribution in [0.25, 0.3) is 0 Å². The molecule has 1 saturated heterocycles. The molecule has 118 valence electrons. The molecule has 3 unspecified atom stereocenters. The van der Waals surface area contributed by atoms with Crippen molar-refractivity contribution in [2.45, 2.75) is 50.3 Å². The lowest BCUT2D eigenvalue weighted by atomic mass is 9.74. The zero-order chi connectivity index (χ0) is 14.3. The van der Waals surface area contributed by atoms with Crippen molar-refractivity contribution in [1.82, 2.24) is 4.90 Å². The number of halogens is 1. The van der Waals surface area contributed by atoms with Crippen LogP contribution in [0, 0.1) is 5.92 Å². The van der Waals surface area contributed by atoms with Crippen LogP contribution in [0.5, 0.6) is 0 Å². The predicted molar refractivity (Wildman–Crippen MR) is 81.6 cm³/mol. The number of nitrogens with zero attached hydrogens (tertiary/aromatic N) is 1. The number of nitrogens with two attached hydrogens (primary N) is 1. The molecule has 0 radical (unpaired) electrons. The summed E-state index contributed by atoms with van der Waals surface area (Å²) in [6.45, 7) is 4.25. The maximum Gasteiger partial charge on any atom is 0.227 e. The number of hydrogen-bond donors (Lipinski definition) is 1. The fourth-order valence-electron chi connectivity index (χ4n) is 3.14. The van der Waals surface area contributed by atoms with Crippen molar-refractivity contribution in [3.05, 3.63) is 0 Å². The van der Waals surface area contributed by atoms with Crippen molar-refractivity contribution in [1.29, 1.82) is 0 Å². The molecule has 0 bridgehead atoms. The summed E-state index contributed by atoms with van der Waals surface area (Å²) in [5.41, 5.74) is 5.80. The molecule has 1 heterocycles. The van der Waals surface area contributed by atoms with Crippen LogP contribution in [0.1, 0.15) is 39.5 Å². The van der Waals surface area contributed by atoms with Crippen LogP contribution in [0.15, 0.2) is 0 Å². The highest BCUT2D eigenvalue weighted by Gasteiger charge is 2.42. The van der Waals surface area contributed by atoms with E-state index in [0.29, 0.717) is 13.1 Å². The van der Waals surface area contributed by atoms with Gasteiger partial charge in [-0.1, -0.05) is 12.8 Å². The third-order valence-corrected chi connectivity index (χ3v) is 6.73. The van der Waals surface area contributed by atoms with E-state index in [0.717, 1.165) is 25.7 Å². The van der Waals surface area contributed by atoms with E-state index in [4.69, 9.17) is 5.73 Å². The molecular weight excluding hydrogens is 300 g/mol. The number of hydrogen-bond acceptors (Lipinski definition) is 4. The van der Waals surface area contributed by atoms with Gasteiger partial charge in [0.15, 0.2) is 9.84 Å². The van der Waals surface area contributed by atoms with Crippen molar-refractivity contribution in [2.24, 2.45) is 11.7 Å². The third-order valence-electron chi connectivity index (χ3n) is 4.60. The normalized spacial score (nSPS) is 37.0. The number of amides is 1. The van der Waals surface area contributed by atoms with Gasteiger partial charge in [-0.25, -0.2) is 8.42 Å². The Labute approximate surface area is 127 Å². The minimum Gasteiger partial charge on any atom is -0.340 e. The molecule has 0 aromatic carbocycles. The number of carbonyl (C=O) groups is 1. The Bertz CT molecular complexity index is 464. The molecule has 1 aliphatic heterocycles. The van der Waals surface area contributed by atoms with E-state index in [1.807, 2.05) is 6.92 Å². The summed E-state index contributed by atoms with van der Waals surface area (Å²) >= 11 is 0. The van der Waals surface area contributed by atoms with Gasteiger partial charge in [0.05, 0.1) is 16.9 Å². The Balaban J connectivity index is 0.00000200. The monoisotopic (exact) mass is 324 g/mol. The van der Waals surface area contributed by atoms with Crippen LogP contribution >= 0.6 is 12.4 Å². The van der Waals surface area contributed by atoms with Crippen molar-refractivity contribution >= 4 is 28.2 Å². The molecule has 2 N–H and O–H groups in total. The van der Waals surface area contributed by atoms with Crippen LogP contribution in [0.4, 0.5) is 0 Å². The Hall–Kier alpha value is -0.330. The second-order valence-corrected chi connectivity index (χ2v) is 8.80. The topological polar surface area (TPSA) is 80.5 Å². The lowest BCUT2D eigenvalue weighted by molar-refractivity contribution is -0.138. The molecule has 5 nitrogen and oxygen atoms in total. The summed E-state index contributed by atoms with van der Waals surface area (Å²) in [4.78, 5) is 14.3. The minimum atomic E-state index is -3.01. The molecule has 0 aromatic rings. The summed E-state index contributed by atoms with van der Waals surface area (Å²) in [5, 5.41) is -0.460. The van der Waals surface area contributed by atoms with Gasteiger partial charge in [-0.05, 0) is 26.7 Å². The molecule has 2 aliphatic rings. The summed E-state index contributed by atoms with van der Waals surface area (Å²) in [6.07, 6.45) is 3.79. The van der Waals surface area contributed by atoms with E-state index < -0.39 is 20.6 Å². The first kappa shape index (κ1) is 17.7. The standard InChI is InChI=1S/C13H24N2O3S.ClH/c1-10-9-15(7-8-19(10,17)18)12(16)11-5-3-4-6-13(11,2)14;/h10-11H,3-9,14H2,1-2H3;1H. The molecule has 20 heavy (non-hydrogen) atoms. The summed E-state index contributed by atoms with van der Waals surface area (Å²) in [7, 11) is -3.01. The first-order valence-corrected chi connectivity index (χ1v) is 8.75. The first-order valence-electron chi connectivity index (χ1n) is 7.03. The van der Waals surface area contributed by atoms with Gasteiger partial charge in [-0.2, -0.15) is 0 Å². The molecule has 3 atom stereocenters. The van der Waals surface area contributed by atoms with Gasteiger partial charge in [-0.3, -0.25) is 4.79 Å². The van der Waals surface area contributed by atoms with Gasteiger partial charge in [0, 0.05) is 18.6 Å². The van der Waals surface area contributed by atoms with Crippen LogP contribution in [-0.2, 0) is 14.6 Å². The predicted octanol–water partition coefficient (Wildman–Crippen LogP) is 0.961. The second-order valence-electron chi connectivity index (χ2n) is 6.27. The van der Waals surface area contributed by atoms with Crippen molar-refractivity contribution in [3.8, 4) is 0 Å². The summed E-state index contributed by atoms with van der Waals surface area (Å²) < 4.78 is 23.4. The Morgan fingerprint density at radius 2 is 2.00 bits per heavy atom. The van der Waals surface area contributed by atoms with Gasteiger partial charge in [0.25, 0.3) is 0 Å². The zero-order valence-corrected chi connectivity index (χ0v) is 13.8. The number of carbonyl (C=O) groups excluding carboxylic acids is 1. The van der Waals surface area contributed by atoms with Crippen LogP contribution in [-0.4, -0.2) is 48.9 Å². The van der Waals surface area contributed by atoms with Gasteiger partial charge in [0.2, 0.25) is 5.91 Å². The molecule has 0 spiro atoms. The van der Waals surface area contributed by atoms with Crippen molar-refractivity contribution in [2.75, 3.05) is 18.8 Å². The van der Waals surface area contributed by atoms with Crippen molar-refractivity contribution < 1.29 is 13.2 Å². The lowest BCUT2D eigenvalue weighted by Gasteiger charge is -2.41. The highest BCUT2D eigenvalue weighted by atomic mass is 35.5. The van der Waals surface area contributed by atoms with Gasteiger partial charge < -0.3 is 10.6 Å².